The molecule has 5 nitrogen and oxygen atoms in total. The summed E-state index contributed by atoms with van der Waals surface area (Å²) in [6.45, 7) is 1.92. The summed E-state index contributed by atoms with van der Waals surface area (Å²) < 4.78 is 0. The first-order valence-electron chi connectivity index (χ1n) is 6.41. The number of carboxylic acids is 1. The third kappa shape index (κ3) is 2.60. The Morgan fingerprint density at radius 1 is 1.47 bits per heavy atom. The highest BCUT2D eigenvalue weighted by Crippen LogP contribution is 2.33. The Bertz CT molecular complexity index is 319. The van der Waals surface area contributed by atoms with Crippen LogP contribution in [0.15, 0.2) is 0 Å². The van der Waals surface area contributed by atoms with Gasteiger partial charge in [0.25, 0.3) is 0 Å². The first kappa shape index (κ1) is 12.4. The molecule has 2 saturated heterocycles. The Hall–Kier alpha value is -1.10. The van der Waals surface area contributed by atoms with E-state index in [1.54, 1.807) is 0 Å². The molecule has 0 aromatic rings. The Labute approximate surface area is 101 Å². The highest BCUT2D eigenvalue weighted by molar-refractivity contribution is 5.85. The summed E-state index contributed by atoms with van der Waals surface area (Å²) in [5.74, 6) is -1.06. The van der Waals surface area contributed by atoms with E-state index in [2.05, 4.69) is 10.6 Å². The molecular weight excluding hydrogens is 220 g/mol. The molecule has 0 spiro atoms. The van der Waals surface area contributed by atoms with E-state index in [4.69, 9.17) is 5.11 Å². The quantitative estimate of drug-likeness (QED) is 0.653. The molecule has 5 heteroatoms. The molecule has 96 valence electrons. The second-order valence-electron chi connectivity index (χ2n) is 5.08. The van der Waals surface area contributed by atoms with Gasteiger partial charge in [-0.25, -0.2) is 4.79 Å². The molecule has 0 saturated carbocycles. The van der Waals surface area contributed by atoms with E-state index in [-0.39, 0.29) is 17.9 Å². The zero-order valence-corrected chi connectivity index (χ0v) is 10.1. The summed E-state index contributed by atoms with van der Waals surface area (Å²) in [5, 5.41) is 15.0. The van der Waals surface area contributed by atoms with Crippen molar-refractivity contribution >= 4 is 11.9 Å². The second kappa shape index (κ2) is 5.04. The van der Waals surface area contributed by atoms with Crippen LogP contribution in [0.1, 0.15) is 39.0 Å². The lowest BCUT2D eigenvalue weighted by atomic mass is 9.88. The molecule has 1 amide bonds. The average molecular weight is 240 g/mol. The molecule has 17 heavy (non-hydrogen) atoms. The Balaban J connectivity index is 1.89. The molecule has 2 fully saturated rings. The van der Waals surface area contributed by atoms with Crippen LogP contribution in [0.3, 0.4) is 0 Å². The maximum Gasteiger partial charge on any atom is 0.326 e. The molecule has 0 radical (unpaired) electrons. The summed E-state index contributed by atoms with van der Waals surface area (Å²) in [7, 11) is 0. The fraction of sp³-hybridized carbons (Fsp3) is 0.833. The standard InChI is InChI=1S/C12H20N2O3/c1-2-3-10(12(16)17)14-11(15)8-6-7-4-5-9(8)13-7/h7-10,13H,2-6H2,1H3,(H,14,15)(H,16,17). The van der Waals surface area contributed by atoms with Crippen LogP contribution in [-0.4, -0.2) is 35.1 Å². The zero-order chi connectivity index (χ0) is 12.4. The number of amides is 1. The Morgan fingerprint density at radius 3 is 2.71 bits per heavy atom. The van der Waals surface area contributed by atoms with Crippen molar-refractivity contribution in [2.75, 3.05) is 0 Å². The van der Waals surface area contributed by atoms with Gasteiger partial charge in [-0.3, -0.25) is 4.79 Å². The van der Waals surface area contributed by atoms with Crippen molar-refractivity contribution < 1.29 is 14.7 Å². The van der Waals surface area contributed by atoms with E-state index in [1.165, 1.54) is 0 Å². The van der Waals surface area contributed by atoms with Crippen LogP contribution < -0.4 is 10.6 Å². The average Bonchev–Trinajstić information content (AvgIpc) is 2.89. The van der Waals surface area contributed by atoms with Gasteiger partial charge in [-0.1, -0.05) is 13.3 Å². The molecule has 2 aliphatic heterocycles. The van der Waals surface area contributed by atoms with Gasteiger partial charge in [0.2, 0.25) is 5.91 Å². The van der Waals surface area contributed by atoms with Crippen molar-refractivity contribution in [2.24, 2.45) is 5.92 Å². The van der Waals surface area contributed by atoms with Crippen LogP contribution >= 0.6 is 0 Å². The van der Waals surface area contributed by atoms with Crippen LogP contribution in [0.4, 0.5) is 0 Å². The Kier molecular flexibility index (Phi) is 3.66. The Morgan fingerprint density at radius 2 is 2.24 bits per heavy atom. The molecule has 4 unspecified atom stereocenters. The third-order valence-electron chi connectivity index (χ3n) is 3.83. The molecule has 2 aliphatic rings. The number of carbonyl (C=O) groups excluding carboxylic acids is 1. The van der Waals surface area contributed by atoms with Crippen LogP contribution in [0.5, 0.6) is 0 Å². The molecule has 4 atom stereocenters. The molecule has 0 aromatic carbocycles. The number of hydrogen-bond donors (Lipinski definition) is 3. The molecule has 0 aliphatic carbocycles. The summed E-state index contributed by atoms with van der Waals surface area (Å²) in [5.41, 5.74) is 0. The fourth-order valence-corrected chi connectivity index (χ4v) is 2.94. The molecule has 3 N–H and O–H groups in total. The highest BCUT2D eigenvalue weighted by Gasteiger charge is 2.43. The van der Waals surface area contributed by atoms with E-state index >= 15 is 0 Å². The SMILES string of the molecule is CCCC(NC(=O)C1CC2CCC1N2)C(=O)O. The van der Waals surface area contributed by atoms with Crippen molar-refractivity contribution in [3.8, 4) is 0 Å². The lowest BCUT2D eigenvalue weighted by Gasteiger charge is -2.22. The number of hydrogen-bond acceptors (Lipinski definition) is 3. The molecule has 2 bridgehead atoms. The van der Waals surface area contributed by atoms with Crippen molar-refractivity contribution in [1.29, 1.82) is 0 Å². The van der Waals surface area contributed by atoms with Gasteiger partial charge in [0.15, 0.2) is 0 Å². The number of aliphatic carboxylic acids is 1. The van der Waals surface area contributed by atoms with Crippen LogP contribution in [0.2, 0.25) is 0 Å². The minimum atomic E-state index is -0.934. The van der Waals surface area contributed by atoms with E-state index in [9.17, 15) is 9.59 Å². The smallest absolute Gasteiger partial charge is 0.326 e. The largest absolute Gasteiger partial charge is 0.480 e. The van der Waals surface area contributed by atoms with Crippen molar-refractivity contribution in [3.05, 3.63) is 0 Å². The van der Waals surface area contributed by atoms with Crippen LogP contribution in [0.25, 0.3) is 0 Å². The first-order chi connectivity index (χ1) is 8.11. The zero-order valence-electron chi connectivity index (χ0n) is 10.1. The van der Waals surface area contributed by atoms with Crippen molar-refractivity contribution in [3.63, 3.8) is 0 Å². The van der Waals surface area contributed by atoms with E-state index in [0.29, 0.717) is 12.5 Å². The van der Waals surface area contributed by atoms with E-state index < -0.39 is 12.0 Å². The molecular formula is C12H20N2O3. The van der Waals surface area contributed by atoms with Gasteiger partial charge in [0.1, 0.15) is 6.04 Å². The predicted molar refractivity (Wildman–Crippen MR) is 62.5 cm³/mol. The minimum Gasteiger partial charge on any atom is -0.480 e. The lowest BCUT2D eigenvalue weighted by Crippen LogP contribution is -2.46. The van der Waals surface area contributed by atoms with Gasteiger partial charge in [-0.05, 0) is 25.7 Å². The topological polar surface area (TPSA) is 78.4 Å². The molecule has 2 rings (SSSR count). The van der Waals surface area contributed by atoms with Gasteiger partial charge in [0.05, 0.1) is 5.92 Å². The summed E-state index contributed by atoms with van der Waals surface area (Å²) in [6.07, 6.45) is 4.29. The third-order valence-corrected chi connectivity index (χ3v) is 3.83. The molecule has 0 aromatic heterocycles. The minimum absolute atomic E-state index is 0.0348. The fourth-order valence-electron chi connectivity index (χ4n) is 2.94. The van der Waals surface area contributed by atoms with E-state index in [0.717, 1.165) is 25.7 Å². The van der Waals surface area contributed by atoms with Gasteiger partial charge in [-0.15, -0.1) is 0 Å². The monoisotopic (exact) mass is 240 g/mol. The van der Waals surface area contributed by atoms with Crippen LogP contribution in [-0.2, 0) is 9.59 Å². The number of fused-ring (bicyclic) bond motifs is 2. The first-order valence-corrected chi connectivity index (χ1v) is 6.41. The predicted octanol–water partition coefficient (Wildman–Crippen LogP) is 0.496. The lowest BCUT2D eigenvalue weighted by molar-refractivity contribution is -0.142. The van der Waals surface area contributed by atoms with Gasteiger partial charge in [0, 0.05) is 12.1 Å². The van der Waals surface area contributed by atoms with E-state index in [1.807, 2.05) is 6.92 Å². The number of rotatable bonds is 5. The maximum atomic E-state index is 12.0. The number of carboxylic acid groups (broad SMARTS) is 1. The van der Waals surface area contributed by atoms with Crippen molar-refractivity contribution in [1.82, 2.24) is 10.6 Å². The molecule has 2 heterocycles. The number of carbonyl (C=O) groups is 2. The van der Waals surface area contributed by atoms with Crippen LogP contribution in [0, 0.1) is 5.92 Å². The maximum absolute atomic E-state index is 12.0. The second-order valence-corrected chi connectivity index (χ2v) is 5.08. The summed E-state index contributed by atoms with van der Waals surface area (Å²) in [4.78, 5) is 23.0. The normalized spacial score (nSPS) is 32.4. The van der Waals surface area contributed by atoms with Crippen molar-refractivity contribution in [2.45, 2.75) is 57.2 Å². The number of nitrogens with one attached hydrogen (secondary N) is 2. The van der Waals surface area contributed by atoms with Gasteiger partial charge >= 0.3 is 5.97 Å². The van der Waals surface area contributed by atoms with Gasteiger partial charge < -0.3 is 15.7 Å². The van der Waals surface area contributed by atoms with Gasteiger partial charge in [-0.2, -0.15) is 0 Å². The summed E-state index contributed by atoms with van der Waals surface area (Å²) in [6, 6.07) is -0.00657. The highest BCUT2D eigenvalue weighted by atomic mass is 16.4. The summed E-state index contributed by atoms with van der Waals surface area (Å²) >= 11 is 0.